The van der Waals surface area contributed by atoms with Gasteiger partial charge in [-0.15, -0.1) is 12.4 Å². The van der Waals surface area contributed by atoms with E-state index in [1.165, 1.54) is 6.42 Å². The summed E-state index contributed by atoms with van der Waals surface area (Å²) < 4.78 is 7.78. The molecule has 2 aliphatic heterocycles. The van der Waals surface area contributed by atoms with Crippen molar-refractivity contribution < 1.29 is 9.53 Å². The molecule has 3 aliphatic rings. The molecule has 0 spiro atoms. The van der Waals surface area contributed by atoms with Crippen molar-refractivity contribution >= 4 is 40.1 Å². The summed E-state index contributed by atoms with van der Waals surface area (Å²) in [6, 6.07) is 4.25. The van der Waals surface area contributed by atoms with Gasteiger partial charge >= 0.3 is 0 Å². The minimum atomic E-state index is -0.121. The number of hydrogen-bond donors (Lipinski definition) is 1. The Balaban J connectivity index is 0.00000241. The Morgan fingerprint density at radius 2 is 1.91 bits per heavy atom. The van der Waals surface area contributed by atoms with Gasteiger partial charge in [-0.25, -0.2) is 0 Å². The van der Waals surface area contributed by atoms with Gasteiger partial charge < -0.3 is 14.6 Å². The van der Waals surface area contributed by atoms with Crippen LogP contribution in [0.15, 0.2) is 23.1 Å². The largest absolute Gasteiger partial charge is 0.377 e. The molecule has 0 radical (unpaired) electrons. The Labute approximate surface area is 204 Å². The second-order valence-corrected chi connectivity index (χ2v) is 9.83. The molecule has 182 valence electrons. The molecule has 8 nitrogen and oxygen atoms in total. The molecular formula is C25H32ClN5O3. The number of halogens is 1. The van der Waals surface area contributed by atoms with Crippen LogP contribution in [0.2, 0.25) is 0 Å². The average Bonchev–Trinajstić information content (AvgIpc) is 3.43. The molecular weight excluding hydrogens is 454 g/mol. The van der Waals surface area contributed by atoms with Gasteiger partial charge in [0, 0.05) is 50.3 Å². The van der Waals surface area contributed by atoms with Crippen molar-refractivity contribution in [2.75, 3.05) is 39.3 Å². The van der Waals surface area contributed by atoms with Crippen molar-refractivity contribution in [3.63, 3.8) is 0 Å². The number of piperazine rings is 1. The van der Waals surface area contributed by atoms with Crippen LogP contribution in [0.3, 0.4) is 0 Å². The molecule has 1 N–H and O–H groups in total. The highest BCUT2D eigenvalue weighted by Crippen LogP contribution is 2.35. The summed E-state index contributed by atoms with van der Waals surface area (Å²) in [5.74, 6) is 0.0697. The fourth-order valence-electron chi connectivity index (χ4n) is 5.51. The number of carbonyl (C=O) groups is 1. The molecule has 1 saturated carbocycles. The van der Waals surface area contributed by atoms with Crippen LogP contribution in [-0.4, -0.2) is 75.9 Å². The summed E-state index contributed by atoms with van der Waals surface area (Å²) in [4.78, 5) is 33.6. The number of benzene rings is 1. The normalized spacial score (nSPS) is 21.7. The van der Waals surface area contributed by atoms with E-state index in [4.69, 9.17) is 4.74 Å². The van der Waals surface area contributed by atoms with Crippen LogP contribution in [0.1, 0.15) is 54.1 Å². The van der Waals surface area contributed by atoms with Crippen LogP contribution in [0.5, 0.6) is 0 Å². The van der Waals surface area contributed by atoms with E-state index in [0.29, 0.717) is 23.1 Å². The maximum atomic E-state index is 13.5. The Hall–Kier alpha value is -2.42. The lowest BCUT2D eigenvalue weighted by Gasteiger charge is -2.36. The molecule has 2 saturated heterocycles. The first-order chi connectivity index (χ1) is 16.1. The van der Waals surface area contributed by atoms with Gasteiger partial charge in [0.15, 0.2) is 0 Å². The van der Waals surface area contributed by atoms with Gasteiger partial charge in [0.2, 0.25) is 0 Å². The number of nitrogens with one attached hydrogen (secondary N) is 1. The van der Waals surface area contributed by atoms with Crippen molar-refractivity contribution in [3.8, 4) is 0 Å². The predicted octanol–water partition coefficient (Wildman–Crippen LogP) is 3.27. The number of H-pyrrole nitrogens is 1. The average molecular weight is 486 g/mol. The fourth-order valence-corrected chi connectivity index (χ4v) is 5.51. The highest BCUT2D eigenvalue weighted by molar-refractivity contribution is 6.07. The molecule has 34 heavy (non-hydrogen) atoms. The van der Waals surface area contributed by atoms with E-state index in [-0.39, 0.29) is 23.9 Å². The van der Waals surface area contributed by atoms with E-state index in [0.717, 1.165) is 87.0 Å². The van der Waals surface area contributed by atoms with E-state index >= 15 is 0 Å². The summed E-state index contributed by atoms with van der Waals surface area (Å²) in [6.07, 6.45) is 7.67. The van der Waals surface area contributed by atoms with E-state index in [2.05, 4.69) is 15.0 Å². The summed E-state index contributed by atoms with van der Waals surface area (Å²) >= 11 is 0. The summed E-state index contributed by atoms with van der Waals surface area (Å²) in [5, 5.41) is 6.05. The molecule has 9 heteroatoms. The third kappa shape index (κ3) is 4.01. The molecule has 3 fully saturated rings. The molecule has 1 atom stereocenters. The van der Waals surface area contributed by atoms with E-state index in [1.54, 1.807) is 6.20 Å². The molecule has 3 aromatic rings. The Kier molecular flexibility index (Phi) is 6.39. The number of aryl methyl sites for hydroxylation is 1. The maximum Gasteiger partial charge on any atom is 0.259 e. The number of amides is 1. The quantitative estimate of drug-likeness (QED) is 0.613. The highest BCUT2D eigenvalue weighted by atomic mass is 35.5. The van der Waals surface area contributed by atoms with Gasteiger partial charge in [-0.1, -0.05) is 0 Å². The first-order valence-electron chi connectivity index (χ1n) is 12.3. The third-order valence-electron chi connectivity index (χ3n) is 7.70. The zero-order valence-corrected chi connectivity index (χ0v) is 20.4. The van der Waals surface area contributed by atoms with Crippen molar-refractivity contribution in [2.24, 2.45) is 0 Å². The van der Waals surface area contributed by atoms with Crippen molar-refractivity contribution in [1.29, 1.82) is 0 Å². The summed E-state index contributed by atoms with van der Waals surface area (Å²) in [6.45, 7) is 7.00. The zero-order chi connectivity index (χ0) is 22.5. The molecule has 1 aromatic carbocycles. The smallest absolute Gasteiger partial charge is 0.259 e. The molecule has 6 rings (SSSR count). The minimum absolute atomic E-state index is 0. The monoisotopic (exact) mass is 485 g/mol. The molecule has 0 bridgehead atoms. The summed E-state index contributed by atoms with van der Waals surface area (Å²) in [7, 11) is 0. The predicted molar refractivity (Wildman–Crippen MR) is 134 cm³/mol. The maximum absolute atomic E-state index is 13.5. The van der Waals surface area contributed by atoms with Crippen LogP contribution in [0, 0.1) is 6.92 Å². The van der Waals surface area contributed by atoms with Crippen LogP contribution < -0.4 is 5.56 Å². The first-order valence-corrected chi connectivity index (χ1v) is 12.3. The van der Waals surface area contributed by atoms with E-state index in [1.807, 2.05) is 28.6 Å². The van der Waals surface area contributed by atoms with Gasteiger partial charge in [-0.2, -0.15) is 5.10 Å². The van der Waals surface area contributed by atoms with Crippen LogP contribution in [0.25, 0.3) is 21.8 Å². The third-order valence-corrected chi connectivity index (χ3v) is 7.70. The lowest BCUT2D eigenvalue weighted by atomic mass is 9.93. The van der Waals surface area contributed by atoms with Crippen LogP contribution in [-0.2, 0) is 4.74 Å². The van der Waals surface area contributed by atoms with Crippen molar-refractivity contribution in [3.05, 3.63) is 39.8 Å². The SMILES string of the molecule is Cc1cc2[nH]c(=O)c3cnn(C4CCC4)c3c2cc1C(=O)N1CCN(CC2CCCO2)CC1.Cl. The molecule has 2 aromatic heterocycles. The number of pyridine rings is 1. The minimum Gasteiger partial charge on any atom is -0.377 e. The van der Waals surface area contributed by atoms with Crippen LogP contribution in [0.4, 0.5) is 0 Å². The Bertz CT molecular complexity index is 1270. The van der Waals surface area contributed by atoms with Crippen LogP contribution >= 0.6 is 12.4 Å². The molecule has 1 unspecified atom stereocenters. The molecule has 1 aliphatic carbocycles. The lowest BCUT2D eigenvalue weighted by Crippen LogP contribution is -2.50. The first kappa shape index (κ1) is 23.3. The number of rotatable bonds is 4. The number of hydrogen-bond acceptors (Lipinski definition) is 5. The number of fused-ring (bicyclic) bond motifs is 3. The standard InChI is InChI=1S/C25H31N5O3.ClH/c1-16-12-22-20(23-21(24(31)27-22)14-26-30(23)17-4-2-5-17)13-19(16)25(32)29-9-7-28(8-10-29)15-18-6-3-11-33-18;/h12-14,17-18H,2-11,15H2,1H3,(H,27,31);1H. The Morgan fingerprint density at radius 1 is 1.12 bits per heavy atom. The zero-order valence-electron chi connectivity index (χ0n) is 19.6. The number of aromatic nitrogens is 3. The van der Waals surface area contributed by atoms with Gasteiger partial charge in [-0.3, -0.25) is 19.2 Å². The topological polar surface area (TPSA) is 83.5 Å². The number of aromatic amines is 1. The van der Waals surface area contributed by atoms with Gasteiger partial charge in [0.25, 0.3) is 11.5 Å². The molecule has 4 heterocycles. The second-order valence-electron chi connectivity index (χ2n) is 9.83. The highest BCUT2D eigenvalue weighted by Gasteiger charge is 2.28. The number of carbonyl (C=O) groups excluding carboxylic acids is 1. The van der Waals surface area contributed by atoms with E-state index in [9.17, 15) is 9.59 Å². The van der Waals surface area contributed by atoms with Gasteiger partial charge in [0.05, 0.1) is 34.8 Å². The fraction of sp³-hybridized carbons (Fsp3) is 0.560. The summed E-state index contributed by atoms with van der Waals surface area (Å²) in [5.41, 5.74) is 3.10. The Morgan fingerprint density at radius 3 is 2.59 bits per heavy atom. The van der Waals surface area contributed by atoms with Gasteiger partial charge in [-0.05, 0) is 56.7 Å². The van der Waals surface area contributed by atoms with Crippen molar-refractivity contribution in [2.45, 2.75) is 51.2 Å². The van der Waals surface area contributed by atoms with Crippen molar-refractivity contribution in [1.82, 2.24) is 24.6 Å². The lowest BCUT2D eigenvalue weighted by molar-refractivity contribution is 0.0432. The molecule has 1 amide bonds. The number of nitrogens with zero attached hydrogens (tertiary/aromatic N) is 4. The second kappa shape index (κ2) is 9.32. The van der Waals surface area contributed by atoms with E-state index < -0.39 is 0 Å². The van der Waals surface area contributed by atoms with Gasteiger partial charge in [0.1, 0.15) is 0 Å². The number of ether oxygens (including phenoxy) is 1.